The van der Waals surface area contributed by atoms with Crippen LogP contribution >= 0.6 is 11.3 Å². The molecule has 0 saturated heterocycles. The summed E-state index contributed by atoms with van der Waals surface area (Å²) in [5.74, 6) is -0.729. The summed E-state index contributed by atoms with van der Waals surface area (Å²) in [5, 5.41) is 11.2. The summed E-state index contributed by atoms with van der Waals surface area (Å²) < 4.78 is 5.76. The number of carbonyl (C=O) groups excluding carboxylic acids is 1. The van der Waals surface area contributed by atoms with Crippen LogP contribution in [0.1, 0.15) is 48.8 Å². The summed E-state index contributed by atoms with van der Waals surface area (Å²) in [6.45, 7) is 6.56. The Morgan fingerprint density at radius 2 is 2.27 bits per heavy atom. The average molecular weight is 325 g/mol. The van der Waals surface area contributed by atoms with Crippen molar-refractivity contribution in [1.82, 2.24) is 9.79 Å². The van der Waals surface area contributed by atoms with Gasteiger partial charge in [-0.05, 0) is 26.3 Å². The lowest BCUT2D eigenvalue weighted by molar-refractivity contribution is 0.0363. The highest BCUT2D eigenvalue weighted by atomic mass is 32.1. The number of thiazole rings is 1. The smallest absolute Gasteiger partial charge is 0.355 e. The van der Waals surface area contributed by atoms with E-state index in [1.807, 2.05) is 18.8 Å². The molecule has 8 heteroatoms. The largest absolute Gasteiger partial charge is 0.476 e. The normalized spacial score (nSPS) is 14.1. The maximum atomic E-state index is 11.0. The van der Waals surface area contributed by atoms with Crippen LogP contribution < -0.4 is 0 Å². The Kier molecular flexibility index (Phi) is 7.71. The Morgan fingerprint density at radius 3 is 2.73 bits per heavy atom. The van der Waals surface area contributed by atoms with Crippen molar-refractivity contribution >= 4 is 30.9 Å². The lowest BCUT2D eigenvalue weighted by Gasteiger charge is -2.32. The van der Waals surface area contributed by atoms with Crippen molar-refractivity contribution < 1.29 is 19.4 Å². The first kappa shape index (κ1) is 18.8. The van der Waals surface area contributed by atoms with Crippen molar-refractivity contribution in [2.45, 2.75) is 39.3 Å². The first-order chi connectivity index (χ1) is 10.4. The molecule has 1 aromatic heterocycles. The topological polar surface area (TPSA) is 79.7 Å². The third-order valence-corrected chi connectivity index (χ3v) is 4.37. The molecule has 1 heterocycles. The molecule has 1 N–H and O–H groups in total. The maximum absolute atomic E-state index is 11.0. The van der Waals surface area contributed by atoms with Crippen LogP contribution in [0.5, 0.6) is 0 Å². The fourth-order valence-electron chi connectivity index (χ4n) is 2.31. The minimum absolute atomic E-state index is 0.0404. The van der Waals surface area contributed by atoms with Gasteiger partial charge in [0.15, 0.2) is 5.69 Å². The van der Waals surface area contributed by atoms with Gasteiger partial charge in [0.1, 0.15) is 11.1 Å². The van der Waals surface area contributed by atoms with E-state index in [9.17, 15) is 9.59 Å². The predicted molar refractivity (Wildman–Crippen MR) is 87.0 cm³/mol. The number of aromatic nitrogens is 1. The average Bonchev–Trinajstić information content (AvgIpc) is 2.93. The van der Waals surface area contributed by atoms with Gasteiger partial charge in [-0.1, -0.05) is 13.8 Å². The van der Waals surface area contributed by atoms with E-state index in [1.165, 1.54) is 24.1 Å². The highest BCUT2D eigenvalue weighted by Gasteiger charge is 2.27. The van der Waals surface area contributed by atoms with Crippen LogP contribution in [0, 0.1) is 5.92 Å². The second-order valence-corrected chi connectivity index (χ2v) is 6.21. The molecule has 0 fully saturated rings. The quantitative estimate of drug-likeness (QED) is 0.524. The Labute approximate surface area is 135 Å². The van der Waals surface area contributed by atoms with Crippen LogP contribution in [-0.4, -0.2) is 54.2 Å². The number of carbonyl (C=O) groups is 2. The van der Waals surface area contributed by atoms with Gasteiger partial charge in [-0.15, -0.1) is 11.3 Å². The zero-order valence-corrected chi connectivity index (χ0v) is 14.2. The van der Waals surface area contributed by atoms with Gasteiger partial charge >= 0.3 is 5.97 Å². The number of aromatic carboxylic acids is 1. The van der Waals surface area contributed by atoms with Gasteiger partial charge in [0.2, 0.25) is 0 Å². The van der Waals surface area contributed by atoms with E-state index in [0.29, 0.717) is 24.0 Å². The lowest BCUT2D eigenvalue weighted by Crippen LogP contribution is -2.40. The molecule has 0 bridgehead atoms. The molecule has 0 aliphatic carbocycles. The highest BCUT2D eigenvalue weighted by Crippen LogP contribution is 2.29. The van der Waals surface area contributed by atoms with Crippen LogP contribution in [0.25, 0.3) is 0 Å². The molecule has 0 aliphatic rings. The number of carboxylic acid groups (broad SMARTS) is 1. The molecule has 0 saturated carbocycles. The van der Waals surface area contributed by atoms with Gasteiger partial charge in [0.05, 0.1) is 6.19 Å². The van der Waals surface area contributed by atoms with Gasteiger partial charge in [-0.2, -0.15) is 0 Å². The molecular formula is C14H22BN2O4S. The summed E-state index contributed by atoms with van der Waals surface area (Å²) in [6, 6.07) is 0.0962. The van der Waals surface area contributed by atoms with Gasteiger partial charge in [-0.3, -0.25) is 0 Å². The fourth-order valence-corrected chi connectivity index (χ4v) is 3.16. The summed E-state index contributed by atoms with van der Waals surface area (Å²) >= 11 is 1.29. The number of ether oxygens (including phenoxy) is 1. The summed E-state index contributed by atoms with van der Waals surface area (Å²) in [7, 11) is 3.35. The van der Waals surface area contributed by atoms with Crippen molar-refractivity contribution in [2.24, 2.45) is 5.92 Å². The number of hydrogen-bond acceptors (Lipinski definition) is 6. The first-order valence-corrected chi connectivity index (χ1v) is 8.09. The van der Waals surface area contributed by atoms with Gasteiger partial charge < -0.3 is 19.4 Å². The summed E-state index contributed by atoms with van der Waals surface area (Å²) in [6.07, 6.45) is 1.12. The standard InChI is InChI=1S/C14H22BN2O4S/c1-5-21-12(13-16-10(7-22-13)14(19)20)6-11(9(2)3)17(4)15-8-18/h7-9,11-12H,5-6H2,1-4H3,(H,19,20)/t11-,12+/m1/s1. The Balaban J connectivity index is 2.92. The van der Waals surface area contributed by atoms with E-state index in [2.05, 4.69) is 18.8 Å². The van der Waals surface area contributed by atoms with Crippen LogP contribution in [0.4, 0.5) is 0 Å². The lowest BCUT2D eigenvalue weighted by atomic mass is 9.86. The van der Waals surface area contributed by atoms with Crippen molar-refractivity contribution in [3.8, 4) is 0 Å². The van der Waals surface area contributed by atoms with Crippen LogP contribution in [-0.2, 0) is 9.53 Å². The van der Waals surface area contributed by atoms with Crippen LogP contribution in [0.3, 0.4) is 0 Å². The van der Waals surface area contributed by atoms with Crippen molar-refractivity contribution in [2.75, 3.05) is 13.7 Å². The zero-order chi connectivity index (χ0) is 16.7. The molecule has 0 aromatic carbocycles. The van der Waals surface area contributed by atoms with Gasteiger partial charge in [0, 0.05) is 18.0 Å². The third kappa shape index (κ3) is 5.19. The zero-order valence-electron chi connectivity index (χ0n) is 13.4. The number of nitrogens with zero attached hydrogens (tertiary/aromatic N) is 2. The predicted octanol–water partition coefficient (Wildman–Crippen LogP) is 2.07. The number of rotatable bonds is 10. The molecule has 6 nitrogen and oxygen atoms in total. The molecule has 0 unspecified atom stereocenters. The molecule has 0 aliphatic heterocycles. The molecule has 22 heavy (non-hydrogen) atoms. The molecule has 121 valence electrons. The molecule has 1 aromatic rings. The monoisotopic (exact) mass is 325 g/mol. The van der Waals surface area contributed by atoms with E-state index in [0.717, 1.165) is 6.19 Å². The van der Waals surface area contributed by atoms with E-state index in [-0.39, 0.29) is 17.8 Å². The Morgan fingerprint density at radius 1 is 1.59 bits per heavy atom. The van der Waals surface area contributed by atoms with E-state index >= 15 is 0 Å². The highest BCUT2D eigenvalue weighted by molar-refractivity contribution is 7.09. The molecule has 0 amide bonds. The fraction of sp³-hybridized carbons (Fsp3) is 0.643. The minimum Gasteiger partial charge on any atom is -0.476 e. The molecule has 1 rings (SSSR count). The van der Waals surface area contributed by atoms with Gasteiger partial charge in [-0.25, -0.2) is 9.78 Å². The van der Waals surface area contributed by atoms with Crippen molar-refractivity contribution in [3.05, 3.63) is 16.1 Å². The molecule has 0 spiro atoms. The van der Waals surface area contributed by atoms with E-state index in [4.69, 9.17) is 9.84 Å². The van der Waals surface area contributed by atoms with Crippen molar-refractivity contribution in [1.29, 1.82) is 0 Å². The van der Waals surface area contributed by atoms with E-state index < -0.39 is 5.97 Å². The Bertz CT molecular complexity index is 495. The first-order valence-electron chi connectivity index (χ1n) is 7.21. The third-order valence-electron chi connectivity index (χ3n) is 3.43. The van der Waals surface area contributed by atoms with Crippen LogP contribution in [0.15, 0.2) is 5.38 Å². The van der Waals surface area contributed by atoms with Gasteiger partial charge in [0.25, 0.3) is 7.41 Å². The number of hydrogen-bond donors (Lipinski definition) is 1. The molecular weight excluding hydrogens is 303 g/mol. The Hall–Kier alpha value is -1.25. The summed E-state index contributed by atoms with van der Waals surface area (Å²) in [4.78, 5) is 27.7. The molecule has 1 radical (unpaired) electrons. The molecule has 2 atom stereocenters. The second kappa shape index (κ2) is 9.02. The maximum Gasteiger partial charge on any atom is 0.355 e. The minimum atomic E-state index is -1.04. The second-order valence-electron chi connectivity index (χ2n) is 5.32. The SMILES string of the molecule is CCO[C@@H](C[C@H](C(C)C)N(C)[B]C=O)c1nc(C(=O)O)cs1. The summed E-state index contributed by atoms with van der Waals surface area (Å²) in [5.41, 5.74) is 0.0404. The van der Waals surface area contributed by atoms with Crippen molar-refractivity contribution in [3.63, 3.8) is 0 Å². The number of carboxylic acids is 1. The van der Waals surface area contributed by atoms with E-state index in [1.54, 1.807) is 0 Å². The van der Waals surface area contributed by atoms with Crippen LogP contribution in [0.2, 0.25) is 0 Å².